The molecule has 1 aromatic carbocycles. The topological polar surface area (TPSA) is 123 Å². The number of carbonyl (C=O) groups is 1. The summed E-state index contributed by atoms with van der Waals surface area (Å²) in [6.07, 6.45) is 3.31. The van der Waals surface area contributed by atoms with Gasteiger partial charge in [-0.1, -0.05) is 0 Å². The zero-order chi connectivity index (χ0) is 20.3. The zero-order valence-corrected chi connectivity index (χ0v) is 16.4. The Balaban J connectivity index is 1.39. The highest BCUT2D eigenvalue weighted by Gasteiger charge is 2.27. The molecule has 0 radical (unpaired) electrons. The van der Waals surface area contributed by atoms with E-state index in [-0.39, 0.29) is 23.9 Å². The van der Waals surface area contributed by atoms with Crippen molar-refractivity contribution < 1.29 is 17.6 Å². The normalized spacial score (nSPS) is 14.9. The quantitative estimate of drug-likeness (QED) is 0.610. The van der Waals surface area contributed by atoms with Gasteiger partial charge in [-0.25, -0.2) is 8.42 Å². The Morgan fingerprint density at radius 3 is 2.59 bits per heavy atom. The second-order valence-electron chi connectivity index (χ2n) is 6.64. The first-order valence-electron chi connectivity index (χ1n) is 9.20. The molecule has 152 valence electrons. The molecule has 1 aliphatic rings. The molecule has 3 heterocycles. The molecule has 0 unspecified atom stereocenters. The van der Waals surface area contributed by atoms with Gasteiger partial charge in [0.05, 0.1) is 17.7 Å². The molecule has 1 aliphatic heterocycles. The standard InChI is InChI=1S/C18H20N6O4S/c25-17(19-12-15-4-3-11-28-15)13-24-21-18(20-22-24)14-5-7-16(8-6-14)29(26,27)23-9-1-2-10-23/h3-8,11H,1-2,9-10,12-13H2,(H,19,25). The third kappa shape index (κ3) is 4.35. The summed E-state index contributed by atoms with van der Waals surface area (Å²) in [7, 11) is -3.46. The molecule has 4 rings (SSSR count). The maximum Gasteiger partial charge on any atom is 0.244 e. The van der Waals surface area contributed by atoms with Crippen LogP contribution in [-0.4, -0.2) is 51.9 Å². The first kappa shape index (κ1) is 19.3. The second-order valence-corrected chi connectivity index (χ2v) is 8.57. The van der Waals surface area contributed by atoms with Crippen molar-refractivity contribution in [3.05, 3.63) is 48.4 Å². The maximum absolute atomic E-state index is 12.6. The fourth-order valence-electron chi connectivity index (χ4n) is 3.06. The third-order valence-corrected chi connectivity index (χ3v) is 6.51. The van der Waals surface area contributed by atoms with Crippen molar-refractivity contribution in [1.29, 1.82) is 0 Å². The largest absolute Gasteiger partial charge is 0.467 e. The van der Waals surface area contributed by atoms with Gasteiger partial charge in [-0.15, -0.1) is 10.2 Å². The number of nitrogens with zero attached hydrogens (tertiary/aromatic N) is 5. The summed E-state index contributed by atoms with van der Waals surface area (Å²) in [5.74, 6) is 0.681. The number of furan rings is 1. The SMILES string of the molecule is O=C(Cn1nnc(-c2ccc(S(=O)(=O)N3CCCC3)cc2)n1)NCc1ccco1. The van der Waals surface area contributed by atoms with Gasteiger partial charge in [0.1, 0.15) is 12.3 Å². The van der Waals surface area contributed by atoms with E-state index in [1.165, 1.54) is 15.4 Å². The fourth-order valence-corrected chi connectivity index (χ4v) is 4.58. The van der Waals surface area contributed by atoms with Crippen LogP contribution in [0.15, 0.2) is 52.0 Å². The summed E-state index contributed by atoms with van der Waals surface area (Å²) in [4.78, 5) is 13.4. The second kappa shape index (κ2) is 8.13. The molecule has 3 aromatic rings. The van der Waals surface area contributed by atoms with Crippen LogP contribution < -0.4 is 5.32 Å². The van der Waals surface area contributed by atoms with E-state index in [0.717, 1.165) is 12.8 Å². The number of hydrogen-bond acceptors (Lipinski definition) is 7. The average molecular weight is 416 g/mol. The third-order valence-electron chi connectivity index (χ3n) is 4.59. The summed E-state index contributed by atoms with van der Waals surface area (Å²) < 4.78 is 31.8. The molecule has 1 fully saturated rings. The summed E-state index contributed by atoms with van der Waals surface area (Å²) in [5, 5.41) is 14.7. The molecule has 1 amide bonds. The van der Waals surface area contributed by atoms with Crippen LogP contribution in [0.5, 0.6) is 0 Å². The molecule has 0 saturated carbocycles. The minimum atomic E-state index is -3.46. The van der Waals surface area contributed by atoms with Crippen LogP contribution in [0.1, 0.15) is 18.6 Å². The Labute approximate surface area is 167 Å². The zero-order valence-electron chi connectivity index (χ0n) is 15.6. The van der Waals surface area contributed by atoms with Crippen molar-refractivity contribution in [2.45, 2.75) is 30.8 Å². The molecule has 2 aromatic heterocycles. The van der Waals surface area contributed by atoms with E-state index >= 15 is 0 Å². The smallest absolute Gasteiger partial charge is 0.244 e. The average Bonchev–Trinajstić information content (AvgIpc) is 3.49. The van der Waals surface area contributed by atoms with Crippen LogP contribution in [0.3, 0.4) is 0 Å². The Morgan fingerprint density at radius 1 is 1.14 bits per heavy atom. The summed E-state index contributed by atoms with van der Waals surface area (Å²) in [6, 6.07) is 9.87. The molecule has 1 saturated heterocycles. The van der Waals surface area contributed by atoms with E-state index < -0.39 is 10.0 Å². The molecule has 0 atom stereocenters. The van der Waals surface area contributed by atoms with Gasteiger partial charge in [0.25, 0.3) is 0 Å². The first-order chi connectivity index (χ1) is 14.0. The van der Waals surface area contributed by atoms with Crippen LogP contribution in [0.4, 0.5) is 0 Å². The molecule has 11 heteroatoms. The van der Waals surface area contributed by atoms with Crippen molar-refractivity contribution in [1.82, 2.24) is 29.8 Å². The predicted octanol–water partition coefficient (Wildman–Crippen LogP) is 1.03. The number of sulfonamides is 1. The monoisotopic (exact) mass is 416 g/mol. The number of tetrazole rings is 1. The van der Waals surface area contributed by atoms with Gasteiger partial charge in [0.15, 0.2) is 0 Å². The minimum Gasteiger partial charge on any atom is -0.467 e. The molecule has 29 heavy (non-hydrogen) atoms. The number of nitrogens with one attached hydrogen (secondary N) is 1. The predicted molar refractivity (Wildman–Crippen MR) is 102 cm³/mol. The number of hydrogen-bond donors (Lipinski definition) is 1. The van der Waals surface area contributed by atoms with Crippen molar-refractivity contribution >= 4 is 15.9 Å². The van der Waals surface area contributed by atoms with Crippen LogP contribution >= 0.6 is 0 Å². The first-order valence-corrected chi connectivity index (χ1v) is 10.6. The van der Waals surface area contributed by atoms with Crippen molar-refractivity contribution in [3.8, 4) is 11.4 Å². The number of carbonyl (C=O) groups excluding carboxylic acids is 1. The van der Waals surface area contributed by atoms with Gasteiger partial charge in [-0.2, -0.15) is 9.10 Å². The van der Waals surface area contributed by atoms with Gasteiger partial charge in [0, 0.05) is 18.7 Å². The van der Waals surface area contributed by atoms with Crippen molar-refractivity contribution in [3.63, 3.8) is 0 Å². The van der Waals surface area contributed by atoms with Gasteiger partial charge < -0.3 is 9.73 Å². The van der Waals surface area contributed by atoms with E-state index in [1.54, 1.807) is 36.4 Å². The Hall–Kier alpha value is -3.05. The van der Waals surface area contributed by atoms with Crippen molar-refractivity contribution in [2.75, 3.05) is 13.1 Å². The molecular formula is C18H20N6O4S. The Kier molecular flexibility index (Phi) is 5.41. The lowest BCUT2D eigenvalue weighted by molar-refractivity contribution is -0.122. The van der Waals surface area contributed by atoms with Crippen LogP contribution in [0, 0.1) is 0 Å². The lowest BCUT2D eigenvalue weighted by Gasteiger charge is -2.15. The summed E-state index contributed by atoms with van der Waals surface area (Å²) >= 11 is 0. The number of benzene rings is 1. The van der Waals surface area contributed by atoms with Gasteiger partial charge >= 0.3 is 0 Å². The highest BCUT2D eigenvalue weighted by molar-refractivity contribution is 7.89. The molecule has 0 bridgehead atoms. The van der Waals surface area contributed by atoms with Gasteiger partial charge in [0.2, 0.25) is 21.8 Å². The molecule has 0 aliphatic carbocycles. The Bertz CT molecular complexity index is 1070. The molecular weight excluding hydrogens is 396 g/mol. The van der Waals surface area contributed by atoms with E-state index in [0.29, 0.717) is 30.2 Å². The van der Waals surface area contributed by atoms with E-state index in [2.05, 4.69) is 20.7 Å². The molecule has 1 N–H and O–H groups in total. The molecule has 0 spiro atoms. The van der Waals surface area contributed by atoms with E-state index in [9.17, 15) is 13.2 Å². The van der Waals surface area contributed by atoms with Crippen LogP contribution in [0.2, 0.25) is 0 Å². The lowest BCUT2D eigenvalue weighted by Crippen LogP contribution is -2.28. The number of rotatable bonds is 7. The van der Waals surface area contributed by atoms with E-state index in [1.807, 2.05) is 0 Å². The van der Waals surface area contributed by atoms with Gasteiger partial charge in [-0.05, 0) is 54.5 Å². The summed E-state index contributed by atoms with van der Waals surface area (Å²) in [5.41, 5.74) is 0.618. The lowest BCUT2D eigenvalue weighted by atomic mass is 10.2. The highest BCUT2D eigenvalue weighted by atomic mass is 32.2. The van der Waals surface area contributed by atoms with Gasteiger partial charge in [-0.3, -0.25) is 4.79 Å². The highest BCUT2D eigenvalue weighted by Crippen LogP contribution is 2.23. The fraction of sp³-hybridized carbons (Fsp3) is 0.333. The summed E-state index contributed by atoms with van der Waals surface area (Å²) in [6.45, 7) is 1.30. The van der Waals surface area contributed by atoms with E-state index in [4.69, 9.17) is 4.42 Å². The van der Waals surface area contributed by atoms with Crippen molar-refractivity contribution in [2.24, 2.45) is 0 Å². The Morgan fingerprint density at radius 2 is 1.90 bits per heavy atom. The minimum absolute atomic E-state index is 0.0882. The number of aromatic nitrogens is 4. The van der Waals surface area contributed by atoms with Crippen LogP contribution in [0.25, 0.3) is 11.4 Å². The molecule has 10 nitrogen and oxygen atoms in total. The van der Waals surface area contributed by atoms with Crippen LogP contribution in [-0.2, 0) is 27.9 Å². The number of amides is 1. The maximum atomic E-state index is 12.6.